The summed E-state index contributed by atoms with van der Waals surface area (Å²) in [5, 5.41) is 5.75. The van der Waals surface area contributed by atoms with Crippen LogP contribution in [0.2, 0.25) is 0 Å². The van der Waals surface area contributed by atoms with Crippen LogP contribution >= 0.6 is 11.3 Å². The van der Waals surface area contributed by atoms with Gasteiger partial charge in [-0.1, -0.05) is 20.3 Å². The molecule has 0 amide bonds. The molecule has 1 aliphatic heterocycles. The Morgan fingerprint density at radius 1 is 1.50 bits per heavy atom. The molecule has 1 atom stereocenters. The van der Waals surface area contributed by atoms with E-state index in [1.165, 1.54) is 24.2 Å². The van der Waals surface area contributed by atoms with Crippen LogP contribution in [-0.4, -0.2) is 31.7 Å². The van der Waals surface area contributed by atoms with Crippen LogP contribution in [0.15, 0.2) is 5.38 Å². The molecule has 1 aromatic heterocycles. The highest BCUT2D eigenvalue weighted by atomic mass is 32.2. The molecule has 0 spiro atoms. The van der Waals surface area contributed by atoms with Crippen LogP contribution in [0, 0.1) is 0 Å². The van der Waals surface area contributed by atoms with Crippen molar-refractivity contribution < 1.29 is 8.42 Å². The number of thiazole rings is 1. The number of anilines is 1. The molecular weight excluding hydrogens is 294 g/mol. The molecule has 2 rings (SSSR count). The van der Waals surface area contributed by atoms with Crippen molar-refractivity contribution in [3.63, 3.8) is 0 Å². The fourth-order valence-corrected chi connectivity index (χ4v) is 4.55. The van der Waals surface area contributed by atoms with Gasteiger partial charge in [-0.05, 0) is 31.7 Å². The molecule has 2 heterocycles. The van der Waals surface area contributed by atoms with E-state index in [0.717, 1.165) is 18.7 Å². The average Bonchev–Trinajstić information content (AvgIpc) is 2.86. The molecule has 0 aromatic carbocycles. The number of nitrogens with zero attached hydrogens (tertiary/aromatic N) is 1. The molecule has 0 aliphatic carbocycles. The first-order valence-electron chi connectivity index (χ1n) is 7.15. The van der Waals surface area contributed by atoms with Crippen molar-refractivity contribution in [2.24, 2.45) is 0 Å². The summed E-state index contributed by atoms with van der Waals surface area (Å²) in [5.74, 6) is 0.470. The van der Waals surface area contributed by atoms with E-state index < -0.39 is 10.0 Å². The summed E-state index contributed by atoms with van der Waals surface area (Å²) in [5.41, 5.74) is 0.932. The number of piperidine rings is 1. The normalized spacial score (nSPS) is 20.2. The molecule has 5 nitrogen and oxygen atoms in total. The number of hydrogen-bond acceptors (Lipinski definition) is 5. The Balaban J connectivity index is 1.86. The Kier molecular flexibility index (Phi) is 5.40. The summed E-state index contributed by atoms with van der Waals surface area (Å²) in [7, 11) is -3.29. The largest absolute Gasteiger partial charge is 0.314 e. The van der Waals surface area contributed by atoms with Crippen molar-refractivity contribution in [3.05, 3.63) is 11.1 Å². The summed E-state index contributed by atoms with van der Waals surface area (Å²) >= 11 is 1.35. The van der Waals surface area contributed by atoms with Crippen LogP contribution in [0.4, 0.5) is 5.13 Å². The minimum Gasteiger partial charge on any atom is -0.314 e. The maximum atomic E-state index is 12.0. The van der Waals surface area contributed by atoms with E-state index in [1.807, 2.05) is 19.2 Å². The minimum absolute atomic E-state index is 0.154. The van der Waals surface area contributed by atoms with Crippen molar-refractivity contribution in [2.75, 3.05) is 17.0 Å². The lowest BCUT2D eigenvalue weighted by molar-refractivity contribution is 0.393. The number of sulfonamides is 1. The Hall–Kier alpha value is -0.660. The van der Waals surface area contributed by atoms with E-state index in [9.17, 15) is 8.42 Å². The highest BCUT2D eigenvalue weighted by Crippen LogP contribution is 2.22. The molecule has 114 valence electrons. The average molecular weight is 317 g/mol. The number of rotatable bonds is 6. The molecule has 1 unspecified atom stereocenters. The molecule has 1 aliphatic rings. The molecule has 1 aromatic rings. The van der Waals surface area contributed by atoms with Gasteiger partial charge >= 0.3 is 0 Å². The van der Waals surface area contributed by atoms with Gasteiger partial charge in [-0.25, -0.2) is 13.4 Å². The number of nitrogens with one attached hydrogen (secondary N) is 2. The summed E-state index contributed by atoms with van der Waals surface area (Å²) in [6.45, 7) is 5.09. The van der Waals surface area contributed by atoms with Crippen LogP contribution in [0.5, 0.6) is 0 Å². The smallest absolute Gasteiger partial charge is 0.234 e. The SMILES string of the molecule is CC(C)c1csc(NS(=O)(=O)CCC2CCCCN2)n1. The van der Waals surface area contributed by atoms with Crippen LogP contribution in [0.3, 0.4) is 0 Å². The third-order valence-electron chi connectivity index (χ3n) is 3.50. The summed E-state index contributed by atoms with van der Waals surface area (Å²) < 4.78 is 26.7. The first-order valence-corrected chi connectivity index (χ1v) is 9.69. The van der Waals surface area contributed by atoms with Gasteiger partial charge < -0.3 is 5.32 Å². The third kappa shape index (κ3) is 4.71. The Labute approximate surface area is 125 Å². The molecule has 2 N–H and O–H groups in total. The summed E-state index contributed by atoms with van der Waals surface area (Å²) in [4.78, 5) is 4.30. The number of hydrogen-bond donors (Lipinski definition) is 2. The third-order valence-corrected chi connectivity index (χ3v) is 5.69. The fourth-order valence-electron chi connectivity index (χ4n) is 2.25. The van der Waals surface area contributed by atoms with Gasteiger partial charge in [-0.15, -0.1) is 11.3 Å². The van der Waals surface area contributed by atoms with Crippen LogP contribution in [-0.2, 0) is 10.0 Å². The molecule has 1 fully saturated rings. The van der Waals surface area contributed by atoms with E-state index >= 15 is 0 Å². The van der Waals surface area contributed by atoms with Crippen LogP contribution in [0.25, 0.3) is 0 Å². The second kappa shape index (κ2) is 6.87. The molecule has 0 saturated carbocycles. The zero-order valence-electron chi connectivity index (χ0n) is 12.1. The predicted molar refractivity (Wildman–Crippen MR) is 83.9 cm³/mol. The highest BCUT2D eigenvalue weighted by molar-refractivity contribution is 7.92. The van der Waals surface area contributed by atoms with E-state index in [2.05, 4.69) is 15.0 Å². The standard InChI is InChI=1S/C13H23N3O2S2/c1-10(2)12-9-19-13(15-12)16-20(17,18)8-6-11-5-3-4-7-14-11/h9-11,14H,3-8H2,1-2H3,(H,15,16). The topological polar surface area (TPSA) is 71.1 Å². The van der Waals surface area contributed by atoms with Gasteiger partial charge in [0, 0.05) is 11.4 Å². The first kappa shape index (κ1) is 15.7. The Bertz CT molecular complexity index is 519. The van der Waals surface area contributed by atoms with E-state index in [-0.39, 0.29) is 5.75 Å². The quantitative estimate of drug-likeness (QED) is 0.846. The van der Waals surface area contributed by atoms with Crippen molar-refractivity contribution >= 4 is 26.5 Å². The molecule has 20 heavy (non-hydrogen) atoms. The molecule has 7 heteroatoms. The van der Waals surface area contributed by atoms with Crippen LogP contribution in [0.1, 0.15) is 51.1 Å². The molecule has 0 radical (unpaired) electrons. The molecule has 0 bridgehead atoms. The van der Waals surface area contributed by atoms with Gasteiger partial charge in [-0.3, -0.25) is 4.72 Å². The van der Waals surface area contributed by atoms with Crippen molar-refractivity contribution in [1.29, 1.82) is 0 Å². The highest BCUT2D eigenvalue weighted by Gasteiger charge is 2.18. The second-order valence-corrected chi connectivity index (χ2v) is 8.29. The second-order valence-electron chi connectivity index (χ2n) is 5.59. The van der Waals surface area contributed by atoms with Crippen molar-refractivity contribution in [3.8, 4) is 0 Å². The van der Waals surface area contributed by atoms with Gasteiger partial charge in [0.1, 0.15) is 0 Å². The van der Waals surface area contributed by atoms with Gasteiger partial charge in [0.05, 0.1) is 11.4 Å². The maximum Gasteiger partial charge on any atom is 0.234 e. The zero-order valence-corrected chi connectivity index (χ0v) is 13.7. The molecule has 1 saturated heterocycles. The lowest BCUT2D eigenvalue weighted by Crippen LogP contribution is -2.36. The minimum atomic E-state index is -3.29. The zero-order chi connectivity index (χ0) is 14.6. The molecular formula is C13H23N3O2S2. The van der Waals surface area contributed by atoms with Gasteiger partial charge in [0.15, 0.2) is 5.13 Å². The van der Waals surface area contributed by atoms with Gasteiger partial charge in [0.25, 0.3) is 0 Å². The van der Waals surface area contributed by atoms with E-state index in [0.29, 0.717) is 23.5 Å². The Morgan fingerprint density at radius 2 is 2.30 bits per heavy atom. The first-order chi connectivity index (χ1) is 9.46. The number of aromatic nitrogens is 1. The van der Waals surface area contributed by atoms with Crippen LogP contribution < -0.4 is 10.0 Å². The van der Waals surface area contributed by atoms with E-state index in [1.54, 1.807) is 0 Å². The maximum absolute atomic E-state index is 12.0. The van der Waals surface area contributed by atoms with Crippen molar-refractivity contribution in [2.45, 2.75) is 51.5 Å². The lowest BCUT2D eigenvalue weighted by atomic mass is 10.0. The fraction of sp³-hybridized carbons (Fsp3) is 0.769. The van der Waals surface area contributed by atoms with E-state index in [4.69, 9.17) is 0 Å². The van der Waals surface area contributed by atoms with Gasteiger partial charge in [-0.2, -0.15) is 0 Å². The lowest BCUT2D eigenvalue weighted by Gasteiger charge is -2.23. The predicted octanol–water partition coefficient (Wildman–Crippen LogP) is 2.54. The summed E-state index contributed by atoms with van der Waals surface area (Å²) in [6.07, 6.45) is 4.12. The Morgan fingerprint density at radius 3 is 2.90 bits per heavy atom. The summed E-state index contributed by atoms with van der Waals surface area (Å²) in [6, 6.07) is 0.336. The van der Waals surface area contributed by atoms with Crippen molar-refractivity contribution in [1.82, 2.24) is 10.3 Å². The monoisotopic (exact) mass is 317 g/mol. The van der Waals surface area contributed by atoms with Gasteiger partial charge in [0.2, 0.25) is 10.0 Å².